The number of sulfonamides is 1. The summed E-state index contributed by atoms with van der Waals surface area (Å²) in [5.41, 5.74) is 0.285. The minimum Gasteiger partial charge on any atom is -0.309 e. The molecule has 7 heteroatoms. The summed E-state index contributed by atoms with van der Waals surface area (Å²) in [6.45, 7) is 3.09. The molecule has 1 fully saturated rings. The normalized spacial score (nSPS) is 24.2. The van der Waals surface area contributed by atoms with Crippen LogP contribution in [0, 0.1) is 17.6 Å². The summed E-state index contributed by atoms with van der Waals surface area (Å²) in [7, 11) is -3.17. The van der Waals surface area contributed by atoms with Crippen molar-refractivity contribution in [1.82, 2.24) is 9.62 Å². The van der Waals surface area contributed by atoms with E-state index in [2.05, 4.69) is 5.32 Å². The van der Waals surface area contributed by atoms with Gasteiger partial charge < -0.3 is 5.32 Å². The standard InChI is InChI=1S/C14H20F2N2O2S/c1-10-9-18(21(2,19)20)6-5-14(10)17-8-11-7-12(15)3-4-13(11)16/h3-4,7,10,14,17H,5-6,8-9H2,1-2H3/t10-,14-/m0/s1. The molecule has 0 amide bonds. The predicted molar refractivity (Wildman–Crippen MR) is 77.2 cm³/mol. The Kier molecular flexibility index (Phi) is 4.95. The Morgan fingerprint density at radius 2 is 2.10 bits per heavy atom. The van der Waals surface area contributed by atoms with E-state index in [1.54, 1.807) is 0 Å². The fourth-order valence-electron chi connectivity index (χ4n) is 2.63. The summed E-state index contributed by atoms with van der Waals surface area (Å²) < 4.78 is 51.1. The summed E-state index contributed by atoms with van der Waals surface area (Å²) in [6, 6.07) is 3.47. The van der Waals surface area contributed by atoms with E-state index in [0.29, 0.717) is 19.5 Å². The Labute approximate surface area is 124 Å². The van der Waals surface area contributed by atoms with Gasteiger partial charge in [-0.15, -0.1) is 0 Å². The monoisotopic (exact) mass is 318 g/mol. The molecule has 0 spiro atoms. The molecule has 2 atom stereocenters. The van der Waals surface area contributed by atoms with Gasteiger partial charge in [0.2, 0.25) is 10.0 Å². The first-order valence-corrected chi connectivity index (χ1v) is 8.74. The topological polar surface area (TPSA) is 49.4 Å². The van der Waals surface area contributed by atoms with Crippen molar-refractivity contribution in [1.29, 1.82) is 0 Å². The smallest absolute Gasteiger partial charge is 0.211 e. The fourth-order valence-corrected chi connectivity index (χ4v) is 3.57. The summed E-state index contributed by atoms with van der Waals surface area (Å²) in [5, 5.41) is 3.20. The van der Waals surface area contributed by atoms with Gasteiger partial charge in [0, 0.05) is 31.2 Å². The van der Waals surface area contributed by atoms with Crippen molar-refractivity contribution in [2.45, 2.75) is 25.9 Å². The van der Waals surface area contributed by atoms with Crippen LogP contribution in [0.1, 0.15) is 18.9 Å². The van der Waals surface area contributed by atoms with E-state index in [4.69, 9.17) is 0 Å². The molecule has 0 radical (unpaired) electrons. The van der Waals surface area contributed by atoms with Crippen molar-refractivity contribution in [2.24, 2.45) is 5.92 Å². The zero-order chi connectivity index (χ0) is 15.6. The number of hydrogen-bond donors (Lipinski definition) is 1. The Bertz CT molecular complexity index is 607. The van der Waals surface area contributed by atoms with Crippen molar-refractivity contribution in [3.05, 3.63) is 35.4 Å². The molecule has 1 heterocycles. The van der Waals surface area contributed by atoms with Gasteiger partial charge in [-0.1, -0.05) is 6.92 Å². The van der Waals surface area contributed by atoms with Gasteiger partial charge in [-0.05, 0) is 30.5 Å². The van der Waals surface area contributed by atoms with Crippen molar-refractivity contribution in [3.63, 3.8) is 0 Å². The average Bonchev–Trinajstić information content (AvgIpc) is 2.40. The van der Waals surface area contributed by atoms with Gasteiger partial charge >= 0.3 is 0 Å². The van der Waals surface area contributed by atoms with Gasteiger partial charge in [0.15, 0.2) is 0 Å². The third kappa shape index (κ3) is 4.21. The molecule has 0 aliphatic carbocycles. The molecule has 2 rings (SSSR count). The number of nitrogens with zero attached hydrogens (tertiary/aromatic N) is 1. The van der Waals surface area contributed by atoms with Crippen LogP contribution in [0.4, 0.5) is 8.78 Å². The molecule has 1 aliphatic heterocycles. The van der Waals surface area contributed by atoms with Crippen LogP contribution in [-0.2, 0) is 16.6 Å². The van der Waals surface area contributed by atoms with E-state index in [1.807, 2.05) is 6.92 Å². The summed E-state index contributed by atoms with van der Waals surface area (Å²) in [6.07, 6.45) is 1.86. The molecule has 118 valence electrons. The van der Waals surface area contributed by atoms with Gasteiger partial charge in [-0.25, -0.2) is 21.5 Å². The number of benzene rings is 1. The second-order valence-corrected chi connectivity index (χ2v) is 7.59. The van der Waals surface area contributed by atoms with Crippen LogP contribution < -0.4 is 5.32 Å². The van der Waals surface area contributed by atoms with Gasteiger partial charge in [0.05, 0.1) is 6.26 Å². The van der Waals surface area contributed by atoms with Gasteiger partial charge in [0.1, 0.15) is 11.6 Å². The van der Waals surface area contributed by atoms with E-state index in [1.165, 1.54) is 16.6 Å². The van der Waals surface area contributed by atoms with Crippen LogP contribution in [0.5, 0.6) is 0 Å². The Hall–Kier alpha value is -1.05. The van der Waals surface area contributed by atoms with Crippen molar-refractivity contribution in [2.75, 3.05) is 19.3 Å². The van der Waals surface area contributed by atoms with Gasteiger partial charge in [0.25, 0.3) is 0 Å². The largest absolute Gasteiger partial charge is 0.309 e. The SMILES string of the molecule is C[C@H]1CN(S(C)(=O)=O)CC[C@@H]1NCc1cc(F)ccc1F. The van der Waals surface area contributed by atoms with Crippen LogP contribution in [0.15, 0.2) is 18.2 Å². The van der Waals surface area contributed by atoms with Crippen molar-refractivity contribution < 1.29 is 17.2 Å². The first-order chi connectivity index (χ1) is 9.77. The molecule has 1 aliphatic rings. The lowest BCUT2D eigenvalue weighted by atomic mass is 9.95. The molecule has 1 saturated heterocycles. The van der Waals surface area contributed by atoms with Crippen molar-refractivity contribution in [3.8, 4) is 0 Å². The summed E-state index contributed by atoms with van der Waals surface area (Å²) in [4.78, 5) is 0. The highest BCUT2D eigenvalue weighted by Gasteiger charge is 2.30. The van der Waals surface area contributed by atoms with E-state index in [0.717, 1.165) is 12.1 Å². The minimum atomic E-state index is -3.17. The Balaban J connectivity index is 1.94. The molecule has 21 heavy (non-hydrogen) atoms. The first kappa shape index (κ1) is 16.3. The Morgan fingerprint density at radius 3 is 2.71 bits per heavy atom. The van der Waals surface area contributed by atoms with E-state index >= 15 is 0 Å². The lowest BCUT2D eigenvalue weighted by Crippen LogP contribution is -2.49. The molecule has 1 aromatic rings. The maximum Gasteiger partial charge on any atom is 0.211 e. The van der Waals surface area contributed by atoms with E-state index < -0.39 is 21.7 Å². The summed E-state index contributed by atoms with van der Waals surface area (Å²) >= 11 is 0. The maximum atomic E-state index is 13.5. The predicted octanol–water partition coefficient (Wildman–Crippen LogP) is 1.72. The maximum absolute atomic E-state index is 13.5. The Morgan fingerprint density at radius 1 is 1.38 bits per heavy atom. The highest BCUT2D eigenvalue weighted by atomic mass is 32.2. The number of hydrogen-bond acceptors (Lipinski definition) is 3. The third-order valence-electron chi connectivity index (χ3n) is 3.90. The zero-order valence-corrected chi connectivity index (χ0v) is 13.0. The quantitative estimate of drug-likeness (QED) is 0.920. The number of piperidine rings is 1. The molecule has 0 aromatic heterocycles. The zero-order valence-electron chi connectivity index (χ0n) is 12.1. The average molecular weight is 318 g/mol. The molecule has 1 aromatic carbocycles. The van der Waals surface area contributed by atoms with Crippen LogP contribution in [0.25, 0.3) is 0 Å². The lowest BCUT2D eigenvalue weighted by molar-refractivity contribution is 0.219. The molecular formula is C14H20F2N2O2S. The van der Waals surface area contributed by atoms with E-state index in [9.17, 15) is 17.2 Å². The molecule has 1 N–H and O–H groups in total. The van der Waals surface area contributed by atoms with Crippen LogP contribution in [-0.4, -0.2) is 38.1 Å². The number of halogens is 2. The highest BCUT2D eigenvalue weighted by Crippen LogP contribution is 2.20. The molecule has 0 unspecified atom stereocenters. The number of rotatable bonds is 4. The van der Waals surface area contributed by atoms with Gasteiger partial charge in [-0.2, -0.15) is 0 Å². The first-order valence-electron chi connectivity index (χ1n) is 6.90. The van der Waals surface area contributed by atoms with Crippen LogP contribution in [0.2, 0.25) is 0 Å². The third-order valence-corrected chi connectivity index (χ3v) is 5.17. The second kappa shape index (κ2) is 6.37. The highest BCUT2D eigenvalue weighted by molar-refractivity contribution is 7.88. The number of nitrogens with one attached hydrogen (secondary N) is 1. The van der Waals surface area contributed by atoms with Crippen LogP contribution >= 0.6 is 0 Å². The molecule has 4 nitrogen and oxygen atoms in total. The molecular weight excluding hydrogens is 298 g/mol. The second-order valence-electron chi connectivity index (χ2n) is 5.61. The molecule has 0 saturated carbocycles. The van der Waals surface area contributed by atoms with Gasteiger partial charge in [-0.3, -0.25) is 0 Å². The van der Waals surface area contributed by atoms with Crippen LogP contribution in [0.3, 0.4) is 0 Å². The minimum absolute atomic E-state index is 0.0886. The van der Waals surface area contributed by atoms with E-state index in [-0.39, 0.29) is 24.1 Å². The lowest BCUT2D eigenvalue weighted by Gasteiger charge is -2.36. The fraction of sp³-hybridized carbons (Fsp3) is 0.571. The van der Waals surface area contributed by atoms with Crippen molar-refractivity contribution >= 4 is 10.0 Å². The molecule has 0 bridgehead atoms. The summed E-state index contributed by atoms with van der Waals surface area (Å²) in [5.74, 6) is -0.789.